The molecule has 0 fully saturated rings. The molecule has 2 aromatic carbocycles. The van der Waals surface area contributed by atoms with E-state index in [9.17, 15) is 32.9 Å². The molecule has 0 spiro atoms. The van der Waals surface area contributed by atoms with Crippen molar-refractivity contribution < 1.29 is 27.7 Å². The second-order valence-electron chi connectivity index (χ2n) is 7.26. The first kappa shape index (κ1) is 23.8. The number of nitro groups is 1. The highest BCUT2D eigenvalue weighted by Crippen LogP contribution is 2.24. The van der Waals surface area contributed by atoms with Crippen LogP contribution in [0, 0.1) is 16.0 Å². The van der Waals surface area contributed by atoms with E-state index in [2.05, 4.69) is 5.32 Å². The van der Waals surface area contributed by atoms with Crippen molar-refractivity contribution in [2.24, 2.45) is 5.92 Å². The second-order valence-corrected chi connectivity index (χ2v) is 7.26. The first-order valence-corrected chi connectivity index (χ1v) is 9.43. The lowest BCUT2D eigenvalue weighted by atomic mass is 10.0. The van der Waals surface area contributed by atoms with E-state index in [-0.39, 0.29) is 11.1 Å². The van der Waals surface area contributed by atoms with E-state index in [1.807, 2.05) is 0 Å². The highest BCUT2D eigenvalue weighted by molar-refractivity contribution is 5.97. The van der Waals surface area contributed by atoms with Crippen LogP contribution in [0.15, 0.2) is 54.6 Å². The number of benzene rings is 2. The Morgan fingerprint density at radius 3 is 2.19 bits per heavy atom. The van der Waals surface area contributed by atoms with Gasteiger partial charge in [-0.15, -0.1) is 0 Å². The third-order valence-corrected chi connectivity index (χ3v) is 4.49. The van der Waals surface area contributed by atoms with Gasteiger partial charge in [0, 0.05) is 17.2 Å². The molecule has 2 rings (SSSR count). The minimum Gasteiger partial charge on any atom is -0.340 e. The van der Waals surface area contributed by atoms with Crippen molar-refractivity contribution in [2.45, 2.75) is 32.6 Å². The average molecular weight is 437 g/mol. The van der Waals surface area contributed by atoms with E-state index in [1.165, 1.54) is 30.3 Å². The molecule has 10 heteroatoms. The van der Waals surface area contributed by atoms with Crippen LogP contribution in [0.25, 0.3) is 0 Å². The monoisotopic (exact) mass is 437 g/mol. The molecule has 0 aliphatic rings. The molecular formula is C21H22F3N3O4. The summed E-state index contributed by atoms with van der Waals surface area (Å²) in [5.41, 5.74) is -0.180. The van der Waals surface area contributed by atoms with Gasteiger partial charge in [0.05, 0.1) is 11.5 Å². The molecule has 0 saturated heterocycles. The first-order chi connectivity index (χ1) is 14.5. The minimum absolute atomic E-state index is 0.0398. The van der Waals surface area contributed by atoms with Gasteiger partial charge in [0.1, 0.15) is 12.6 Å². The van der Waals surface area contributed by atoms with Crippen LogP contribution in [0.5, 0.6) is 0 Å². The highest BCUT2D eigenvalue weighted by Gasteiger charge is 2.37. The van der Waals surface area contributed by atoms with Crippen LogP contribution in [0.2, 0.25) is 0 Å². The van der Waals surface area contributed by atoms with Gasteiger partial charge in [0.2, 0.25) is 5.91 Å². The molecule has 7 nitrogen and oxygen atoms in total. The summed E-state index contributed by atoms with van der Waals surface area (Å²) in [7, 11) is 0. The Balaban J connectivity index is 2.33. The largest absolute Gasteiger partial charge is 0.406 e. The zero-order chi connectivity index (χ0) is 23.2. The number of carbonyl (C=O) groups excluding carboxylic acids is 2. The van der Waals surface area contributed by atoms with Crippen LogP contribution in [0.3, 0.4) is 0 Å². The number of nitro benzene ring substituents is 1. The van der Waals surface area contributed by atoms with E-state index in [0.717, 1.165) is 6.07 Å². The number of para-hydroxylation sites is 1. The maximum atomic E-state index is 13.2. The number of carbonyl (C=O) groups is 2. The summed E-state index contributed by atoms with van der Waals surface area (Å²) in [6, 6.07) is 12.0. The van der Waals surface area contributed by atoms with E-state index >= 15 is 0 Å². The Morgan fingerprint density at radius 2 is 1.65 bits per heavy atom. The van der Waals surface area contributed by atoms with Crippen molar-refractivity contribution in [3.05, 3.63) is 75.8 Å². The molecule has 0 aliphatic heterocycles. The van der Waals surface area contributed by atoms with Crippen LogP contribution >= 0.6 is 0 Å². The van der Waals surface area contributed by atoms with Crippen molar-refractivity contribution in [1.82, 2.24) is 10.2 Å². The van der Waals surface area contributed by atoms with E-state index in [4.69, 9.17) is 0 Å². The number of halogens is 3. The van der Waals surface area contributed by atoms with Gasteiger partial charge in [0.15, 0.2) is 0 Å². The number of hydrogen-bond acceptors (Lipinski definition) is 4. The Morgan fingerprint density at radius 1 is 1.06 bits per heavy atom. The van der Waals surface area contributed by atoms with Crippen molar-refractivity contribution in [3.63, 3.8) is 0 Å². The Bertz CT molecular complexity index is 933. The van der Waals surface area contributed by atoms with E-state index < -0.39 is 53.7 Å². The lowest BCUT2D eigenvalue weighted by Gasteiger charge is -2.30. The third-order valence-electron chi connectivity index (χ3n) is 4.49. The number of nitrogens with one attached hydrogen (secondary N) is 1. The molecule has 0 bridgehead atoms. The summed E-state index contributed by atoms with van der Waals surface area (Å²) >= 11 is 0. The van der Waals surface area contributed by atoms with E-state index in [1.54, 1.807) is 32.0 Å². The van der Waals surface area contributed by atoms with Gasteiger partial charge in [-0.25, -0.2) is 0 Å². The van der Waals surface area contributed by atoms with Crippen LogP contribution in [-0.2, 0) is 11.3 Å². The van der Waals surface area contributed by atoms with Crippen LogP contribution in [-0.4, -0.2) is 40.4 Å². The summed E-state index contributed by atoms with van der Waals surface area (Å²) < 4.78 is 39.6. The third kappa shape index (κ3) is 6.80. The molecule has 31 heavy (non-hydrogen) atoms. The number of nitrogens with zero attached hydrogens (tertiary/aromatic N) is 2. The zero-order valence-corrected chi connectivity index (χ0v) is 16.9. The topological polar surface area (TPSA) is 92.6 Å². The molecule has 166 valence electrons. The number of alkyl halides is 3. The molecule has 0 heterocycles. The molecule has 2 amide bonds. The molecule has 1 N–H and O–H groups in total. The van der Waals surface area contributed by atoms with Crippen molar-refractivity contribution in [3.8, 4) is 0 Å². The van der Waals surface area contributed by atoms with Crippen molar-refractivity contribution in [1.29, 1.82) is 0 Å². The summed E-state index contributed by atoms with van der Waals surface area (Å²) in [5.74, 6) is -2.11. The fourth-order valence-electron chi connectivity index (χ4n) is 2.98. The smallest absolute Gasteiger partial charge is 0.340 e. The Hall–Kier alpha value is -3.43. The molecule has 0 saturated carbocycles. The number of rotatable bonds is 8. The standard InChI is InChI=1S/C21H22F3N3O4/c1-14(2)18(25-19(28)15-8-4-3-5-9-15)20(29)26(13-21(22,23)24)12-16-10-6-7-11-17(16)27(30)31/h3-11,14,18H,12-13H2,1-2H3,(H,25,28). The van der Waals surface area contributed by atoms with Gasteiger partial charge in [-0.1, -0.05) is 50.2 Å². The second kappa shape index (κ2) is 10.1. The molecule has 0 radical (unpaired) electrons. The average Bonchev–Trinajstić information content (AvgIpc) is 2.70. The maximum absolute atomic E-state index is 13.2. The zero-order valence-electron chi connectivity index (χ0n) is 16.9. The van der Waals surface area contributed by atoms with Crippen molar-refractivity contribution in [2.75, 3.05) is 6.54 Å². The maximum Gasteiger partial charge on any atom is 0.406 e. The predicted molar refractivity (Wildman–Crippen MR) is 107 cm³/mol. The lowest BCUT2D eigenvalue weighted by Crippen LogP contribution is -2.52. The molecular weight excluding hydrogens is 415 g/mol. The van der Waals surface area contributed by atoms with Crippen molar-refractivity contribution >= 4 is 17.5 Å². The summed E-state index contributed by atoms with van der Waals surface area (Å²) in [5, 5.41) is 13.7. The van der Waals surface area contributed by atoms with Crippen LogP contribution in [0.1, 0.15) is 29.8 Å². The minimum atomic E-state index is -4.73. The van der Waals surface area contributed by atoms with Gasteiger partial charge >= 0.3 is 6.18 Å². The van der Waals surface area contributed by atoms with Crippen LogP contribution in [0.4, 0.5) is 18.9 Å². The lowest BCUT2D eigenvalue weighted by molar-refractivity contribution is -0.385. The normalized spacial score (nSPS) is 12.3. The Labute approximate surface area is 177 Å². The summed E-state index contributed by atoms with van der Waals surface area (Å²) in [4.78, 5) is 36.5. The molecule has 0 aromatic heterocycles. The fourth-order valence-corrected chi connectivity index (χ4v) is 2.98. The van der Waals surface area contributed by atoms with Gasteiger partial charge in [0.25, 0.3) is 11.6 Å². The summed E-state index contributed by atoms with van der Waals surface area (Å²) in [6.07, 6.45) is -4.73. The van der Waals surface area contributed by atoms with E-state index in [0.29, 0.717) is 4.90 Å². The number of hydrogen-bond donors (Lipinski definition) is 1. The molecule has 1 unspecified atom stereocenters. The first-order valence-electron chi connectivity index (χ1n) is 9.43. The van der Waals surface area contributed by atoms with Gasteiger partial charge in [-0.2, -0.15) is 13.2 Å². The molecule has 1 atom stereocenters. The van der Waals surface area contributed by atoms with Gasteiger partial charge in [-0.3, -0.25) is 19.7 Å². The fraction of sp³-hybridized carbons (Fsp3) is 0.333. The molecule has 0 aliphatic carbocycles. The SMILES string of the molecule is CC(C)C(NC(=O)c1ccccc1)C(=O)N(Cc1ccccc1[N+](=O)[O-])CC(F)(F)F. The van der Waals surface area contributed by atoms with Crippen LogP contribution < -0.4 is 5.32 Å². The van der Waals surface area contributed by atoms with Gasteiger partial charge < -0.3 is 10.2 Å². The Kier molecular flexibility index (Phi) is 7.73. The van der Waals surface area contributed by atoms with Gasteiger partial charge in [-0.05, 0) is 18.1 Å². The highest BCUT2D eigenvalue weighted by atomic mass is 19.4. The quantitative estimate of drug-likeness (QED) is 0.500. The summed E-state index contributed by atoms with van der Waals surface area (Å²) in [6.45, 7) is 0.942. The number of amides is 2. The molecule has 2 aromatic rings. The predicted octanol–water partition coefficient (Wildman–Crippen LogP) is 3.94.